The molecule has 2 atom stereocenters. The first-order valence-corrected chi connectivity index (χ1v) is 13.4. The average molecular weight is 573 g/mol. The lowest BCUT2D eigenvalue weighted by Gasteiger charge is -2.43. The number of primary amides is 1. The fraction of sp³-hybridized carbons (Fsp3) is 0.467. The van der Waals surface area contributed by atoms with Crippen LogP contribution < -0.4 is 16.4 Å². The van der Waals surface area contributed by atoms with Crippen LogP contribution in [-0.2, 0) is 19.1 Å². The van der Waals surface area contributed by atoms with Crippen molar-refractivity contribution in [2.45, 2.75) is 92.0 Å². The summed E-state index contributed by atoms with van der Waals surface area (Å²) in [6, 6.07) is 8.35. The van der Waals surface area contributed by atoms with E-state index in [2.05, 4.69) is 10.6 Å². The van der Waals surface area contributed by atoms with E-state index in [0.29, 0.717) is 16.3 Å². The van der Waals surface area contributed by atoms with E-state index in [1.165, 1.54) is 4.90 Å². The molecule has 0 radical (unpaired) electrons. The number of para-hydroxylation sites is 1. The Morgan fingerprint density at radius 2 is 1.60 bits per heavy atom. The molecular weight excluding hydrogens is 532 g/mol. The highest BCUT2D eigenvalue weighted by Gasteiger charge is 2.43. The fourth-order valence-electron chi connectivity index (χ4n) is 4.30. The molecule has 0 bridgehead atoms. The Morgan fingerprint density at radius 1 is 0.975 bits per heavy atom. The van der Waals surface area contributed by atoms with Gasteiger partial charge in [0.1, 0.15) is 17.7 Å². The van der Waals surface area contributed by atoms with Gasteiger partial charge in [0.25, 0.3) is 5.91 Å². The van der Waals surface area contributed by atoms with Gasteiger partial charge >= 0.3 is 6.09 Å². The number of carbonyl (C=O) groups is 4. The summed E-state index contributed by atoms with van der Waals surface area (Å²) in [7, 11) is 0. The largest absolute Gasteiger partial charge is 0.444 e. The van der Waals surface area contributed by atoms with Gasteiger partial charge in [-0.25, -0.2) is 4.79 Å². The number of nitrogens with zero attached hydrogens (tertiary/aromatic N) is 1. The second kappa shape index (κ2) is 12.7. The first-order valence-electron chi connectivity index (χ1n) is 13.1. The fourth-order valence-corrected chi connectivity index (χ4v) is 4.57. The summed E-state index contributed by atoms with van der Waals surface area (Å²) in [5.74, 6) is -1.99. The number of rotatable bonds is 8. The van der Waals surface area contributed by atoms with Crippen molar-refractivity contribution in [3.8, 4) is 0 Å². The minimum Gasteiger partial charge on any atom is -0.444 e. The zero-order valence-electron chi connectivity index (χ0n) is 24.8. The zero-order valence-corrected chi connectivity index (χ0v) is 25.5. The van der Waals surface area contributed by atoms with E-state index in [-0.39, 0.29) is 0 Å². The van der Waals surface area contributed by atoms with Crippen LogP contribution in [0.15, 0.2) is 36.4 Å². The molecule has 0 aliphatic heterocycles. The minimum absolute atomic E-state index is 0.347. The molecule has 0 spiro atoms. The van der Waals surface area contributed by atoms with Gasteiger partial charge in [-0.2, -0.15) is 0 Å². The minimum atomic E-state index is -1.38. The second-order valence-corrected chi connectivity index (χ2v) is 12.3. The van der Waals surface area contributed by atoms with Gasteiger partial charge in [0.15, 0.2) is 0 Å². The first-order chi connectivity index (χ1) is 18.3. The number of alkyl carbamates (subject to hydrolysis) is 1. The third kappa shape index (κ3) is 8.71. The molecule has 0 aromatic heterocycles. The molecule has 10 heteroatoms. The number of amides is 4. The van der Waals surface area contributed by atoms with Crippen molar-refractivity contribution in [2.24, 2.45) is 5.73 Å². The molecule has 40 heavy (non-hydrogen) atoms. The molecule has 4 N–H and O–H groups in total. The molecule has 9 nitrogen and oxygen atoms in total. The maximum atomic E-state index is 14.3. The smallest absolute Gasteiger partial charge is 0.408 e. The molecule has 0 aliphatic carbocycles. The quantitative estimate of drug-likeness (QED) is 0.393. The molecule has 0 saturated heterocycles. The first kappa shape index (κ1) is 32.6. The summed E-state index contributed by atoms with van der Waals surface area (Å²) < 4.78 is 5.33. The van der Waals surface area contributed by atoms with Crippen molar-refractivity contribution in [1.29, 1.82) is 0 Å². The Kier molecular flexibility index (Phi) is 10.4. The van der Waals surface area contributed by atoms with Gasteiger partial charge < -0.3 is 26.0 Å². The predicted octanol–water partition coefficient (Wildman–Crippen LogP) is 5.34. The maximum absolute atomic E-state index is 14.3. The Balaban J connectivity index is 2.70. The number of nitrogens with two attached hydrogens (primary N) is 1. The Morgan fingerprint density at radius 3 is 2.12 bits per heavy atom. The molecule has 4 amide bonds. The maximum Gasteiger partial charge on any atom is 0.408 e. The molecule has 2 rings (SSSR count). The second-order valence-electron chi connectivity index (χ2n) is 11.9. The number of anilines is 1. The molecular formula is C30H41ClN4O5. The molecule has 218 valence electrons. The van der Waals surface area contributed by atoms with Crippen molar-refractivity contribution in [1.82, 2.24) is 10.2 Å². The van der Waals surface area contributed by atoms with E-state index in [1.807, 2.05) is 45.0 Å². The predicted molar refractivity (Wildman–Crippen MR) is 157 cm³/mol. The summed E-state index contributed by atoms with van der Waals surface area (Å²) in [6.45, 7) is 15.9. The van der Waals surface area contributed by atoms with Crippen LogP contribution in [0.5, 0.6) is 0 Å². The third-order valence-corrected chi connectivity index (χ3v) is 6.38. The monoisotopic (exact) mass is 572 g/mol. The summed E-state index contributed by atoms with van der Waals surface area (Å²) in [4.78, 5) is 54.5. The molecule has 2 unspecified atom stereocenters. The van der Waals surface area contributed by atoms with Crippen molar-refractivity contribution in [3.63, 3.8) is 0 Å². The van der Waals surface area contributed by atoms with Gasteiger partial charge in [0.05, 0.1) is 17.1 Å². The molecule has 0 saturated carbocycles. The number of benzene rings is 2. The number of carbonyl (C=O) groups excluding carboxylic acids is 4. The van der Waals surface area contributed by atoms with E-state index in [0.717, 1.165) is 16.7 Å². The Bertz CT molecular complexity index is 1260. The van der Waals surface area contributed by atoms with Crippen LogP contribution in [0.25, 0.3) is 0 Å². The lowest BCUT2D eigenvalue weighted by molar-refractivity contribution is -0.147. The van der Waals surface area contributed by atoms with E-state index in [9.17, 15) is 19.2 Å². The van der Waals surface area contributed by atoms with Crippen molar-refractivity contribution in [2.75, 3.05) is 5.32 Å². The Hall–Kier alpha value is -3.59. The van der Waals surface area contributed by atoms with Gasteiger partial charge in [-0.05, 0) is 85.1 Å². The van der Waals surface area contributed by atoms with E-state index in [1.54, 1.807) is 53.7 Å². The van der Waals surface area contributed by atoms with Crippen LogP contribution in [0, 0.1) is 20.8 Å². The summed E-state index contributed by atoms with van der Waals surface area (Å²) in [5.41, 5.74) is 7.09. The van der Waals surface area contributed by atoms with E-state index in [4.69, 9.17) is 22.1 Å². The summed E-state index contributed by atoms with van der Waals surface area (Å²) >= 11 is 6.42. The molecule has 0 aliphatic rings. The summed E-state index contributed by atoms with van der Waals surface area (Å²) in [6.07, 6.45) is -1.38. The summed E-state index contributed by atoms with van der Waals surface area (Å²) in [5, 5.41) is 5.75. The van der Waals surface area contributed by atoms with Crippen molar-refractivity contribution >= 4 is 41.1 Å². The van der Waals surface area contributed by atoms with Crippen LogP contribution in [0.4, 0.5) is 10.5 Å². The molecule has 0 fully saturated rings. The highest BCUT2D eigenvalue weighted by Crippen LogP contribution is 2.35. The molecule has 2 aromatic carbocycles. The van der Waals surface area contributed by atoms with Gasteiger partial charge in [-0.3, -0.25) is 14.4 Å². The number of hydrogen-bond donors (Lipinski definition) is 3. The van der Waals surface area contributed by atoms with Crippen LogP contribution in [0.1, 0.15) is 76.3 Å². The number of nitrogens with one attached hydrogen (secondary N) is 2. The van der Waals surface area contributed by atoms with Crippen molar-refractivity contribution < 1.29 is 23.9 Å². The third-order valence-electron chi connectivity index (χ3n) is 6.06. The Labute approximate surface area is 241 Å². The van der Waals surface area contributed by atoms with Gasteiger partial charge in [-0.1, -0.05) is 47.5 Å². The highest BCUT2D eigenvalue weighted by molar-refractivity contribution is 6.34. The average Bonchev–Trinajstić information content (AvgIpc) is 2.78. The number of halogens is 1. The lowest BCUT2D eigenvalue weighted by atomic mass is 9.91. The van der Waals surface area contributed by atoms with Crippen LogP contribution in [0.3, 0.4) is 0 Å². The van der Waals surface area contributed by atoms with Gasteiger partial charge in [0, 0.05) is 5.54 Å². The van der Waals surface area contributed by atoms with Crippen LogP contribution in [0.2, 0.25) is 5.02 Å². The van der Waals surface area contributed by atoms with Crippen LogP contribution >= 0.6 is 11.6 Å². The standard InChI is InChI=1S/C30H41ClN4O5/c1-17-13-14-18(2)20(15-17)25(26(37)34-24-19(3)11-10-12-21(24)31)35(29(4,5)6)27(38)22(16-23(32)36)33-28(39)40-30(7,8)9/h10-15,22,25H,16H2,1-9H3,(H2,32,36)(H,33,39)(H,34,37). The van der Waals surface area contributed by atoms with Crippen molar-refractivity contribution in [3.05, 3.63) is 63.7 Å². The van der Waals surface area contributed by atoms with Crippen LogP contribution in [-0.4, -0.2) is 45.9 Å². The SMILES string of the molecule is Cc1ccc(C)c(C(C(=O)Nc2c(C)cccc2Cl)N(C(=O)C(CC(N)=O)NC(=O)OC(C)(C)C)C(C)(C)C)c1. The highest BCUT2D eigenvalue weighted by atomic mass is 35.5. The zero-order chi connectivity index (χ0) is 30.6. The number of aryl methyl sites for hydroxylation is 3. The number of hydrogen-bond acceptors (Lipinski definition) is 5. The van der Waals surface area contributed by atoms with Gasteiger partial charge in [-0.15, -0.1) is 0 Å². The topological polar surface area (TPSA) is 131 Å². The molecule has 0 heterocycles. The lowest BCUT2D eigenvalue weighted by Crippen LogP contribution is -2.58. The number of ether oxygens (including phenoxy) is 1. The normalized spacial score (nSPS) is 13.2. The van der Waals surface area contributed by atoms with Gasteiger partial charge in [0.2, 0.25) is 11.8 Å². The van der Waals surface area contributed by atoms with E-state index < -0.39 is 53.5 Å². The molecule has 2 aromatic rings. The van der Waals surface area contributed by atoms with E-state index >= 15 is 0 Å².